The maximum atomic E-state index is 11.3. The molecule has 0 aromatic rings. The van der Waals surface area contributed by atoms with Crippen molar-refractivity contribution in [2.24, 2.45) is 4.99 Å². The molecule has 1 fully saturated rings. The van der Waals surface area contributed by atoms with Crippen LogP contribution in [0.4, 0.5) is 0 Å². The molecule has 65 valence electrons. The Morgan fingerprint density at radius 1 is 1.75 bits per heavy atom. The summed E-state index contributed by atoms with van der Waals surface area (Å²) in [5, 5.41) is 0.353. The minimum Gasteiger partial charge on any atom is -0.294 e. The molecular weight excluding hydrogens is 176 g/mol. The molecular formula is C7H9N2O2S. The number of rotatable bonds is 2. The quantitative estimate of drug-likeness (QED) is 0.610. The molecule has 5 heteroatoms. The average molecular weight is 185 g/mol. The summed E-state index contributed by atoms with van der Waals surface area (Å²) in [7, 11) is 3.28. The van der Waals surface area contributed by atoms with Gasteiger partial charge in [0.1, 0.15) is 0 Å². The zero-order chi connectivity index (χ0) is 9.14. The van der Waals surface area contributed by atoms with Crippen LogP contribution in [-0.2, 0) is 9.59 Å². The molecule has 0 N–H and O–H groups in total. The van der Waals surface area contributed by atoms with E-state index in [9.17, 15) is 9.59 Å². The molecule has 0 bridgehead atoms. The second kappa shape index (κ2) is 3.71. The first-order valence-corrected chi connectivity index (χ1v) is 4.34. The van der Waals surface area contributed by atoms with Crippen molar-refractivity contribution in [3.05, 3.63) is 0 Å². The highest BCUT2D eigenvalue weighted by atomic mass is 32.2. The molecule has 12 heavy (non-hydrogen) atoms. The first-order valence-electron chi connectivity index (χ1n) is 3.46. The monoisotopic (exact) mass is 185 g/mol. The van der Waals surface area contributed by atoms with Crippen LogP contribution in [0.3, 0.4) is 0 Å². The number of aliphatic imine (C=N–C) groups is 1. The average Bonchev–Trinajstić information content (AvgIpc) is 2.33. The summed E-state index contributed by atoms with van der Waals surface area (Å²) in [6.07, 6.45) is 1.88. The summed E-state index contributed by atoms with van der Waals surface area (Å²) in [4.78, 5) is 26.7. The molecule has 1 atom stereocenters. The second-order valence-electron chi connectivity index (χ2n) is 2.36. The van der Waals surface area contributed by atoms with Crippen LogP contribution in [-0.4, -0.2) is 41.6 Å². The molecule has 1 radical (unpaired) electrons. The Kier molecular flexibility index (Phi) is 2.86. The first kappa shape index (κ1) is 9.25. The van der Waals surface area contributed by atoms with Gasteiger partial charge in [0.25, 0.3) is 0 Å². The number of hydrogen-bond donors (Lipinski definition) is 0. The summed E-state index contributed by atoms with van der Waals surface area (Å²) in [5.41, 5.74) is 0. The molecule has 0 spiro atoms. The van der Waals surface area contributed by atoms with E-state index in [1.54, 1.807) is 20.4 Å². The number of carbonyl (C=O) groups excluding carboxylic acids is 2. The molecule has 0 aliphatic carbocycles. The van der Waals surface area contributed by atoms with Gasteiger partial charge in [0, 0.05) is 20.5 Å². The van der Waals surface area contributed by atoms with E-state index in [2.05, 4.69) is 4.99 Å². The smallest absolute Gasteiger partial charge is 0.242 e. The second-order valence-corrected chi connectivity index (χ2v) is 3.53. The topological polar surface area (TPSA) is 49.7 Å². The number of carbonyl (C=O) groups is 1. The summed E-state index contributed by atoms with van der Waals surface area (Å²) >= 11 is 1.32. The van der Waals surface area contributed by atoms with E-state index < -0.39 is 0 Å². The Balaban J connectivity index is 2.73. The zero-order valence-corrected chi connectivity index (χ0v) is 7.72. The minimum absolute atomic E-state index is 0.0658. The number of nitrogens with zero attached hydrogens (tertiary/aromatic N) is 2. The lowest BCUT2D eigenvalue weighted by Gasteiger charge is -2.06. The summed E-state index contributed by atoms with van der Waals surface area (Å²) < 4.78 is 0. The third-order valence-electron chi connectivity index (χ3n) is 1.60. The SMILES string of the molecule is CN=C1SC(C[C]=O)C(=O)N1C. The summed E-state index contributed by atoms with van der Waals surface area (Å²) in [6, 6.07) is 0. The van der Waals surface area contributed by atoms with Crippen molar-refractivity contribution in [3.63, 3.8) is 0 Å². The van der Waals surface area contributed by atoms with E-state index in [1.165, 1.54) is 16.7 Å². The highest BCUT2D eigenvalue weighted by Crippen LogP contribution is 2.27. The van der Waals surface area contributed by atoms with Crippen molar-refractivity contribution < 1.29 is 9.59 Å². The largest absolute Gasteiger partial charge is 0.294 e. The van der Waals surface area contributed by atoms with Crippen LogP contribution in [0.2, 0.25) is 0 Å². The van der Waals surface area contributed by atoms with Crippen LogP contribution in [0.25, 0.3) is 0 Å². The van der Waals surface area contributed by atoms with Crippen LogP contribution in [0, 0.1) is 0 Å². The van der Waals surface area contributed by atoms with Gasteiger partial charge < -0.3 is 0 Å². The van der Waals surface area contributed by atoms with Crippen LogP contribution < -0.4 is 0 Å². The van der Waals surface area contributed by atoms with Crippen molar-refractivity contribution in [1.29, 1.82) is 0 Å². The van der Waals surface area contributed by atoms with Crippen molar-refractivity contribution in [1.82, 2.24) is 4.90 Å². The summed E-state index contributed by atoms with van der Waals surface area (Å²) in [5.74, 6) is -0.0658. The molecule has 1 unspecified atom stereocenters. The Bertz CT molecular complexity index is 240. The van der Waals surface area contributed by atoms with Gasteiger partial charge in [-0.25, -0.2) is 0 Å². The third kappa shape index (κ3) is 1.50. The van der Waals surface area contributed by atoms with Gasteiger partial charge in [-0.15, -0.1) is 0 Å². The molecule has 1 aliphatic heterocycles. The molecule has 0 aromatic heterocycles. The lowest BCUT2D eigenvalue weighted by Crippen LogP contribution is -2.27. The molecule has 1 heterocycles. The maximum Gasteiger partial charge on any atom is 0.242 e. The lowest BCUT2D eigenvalue weighted by molar-refractivity contribution is -0.125. The Labute approximate surface area is 75.0 Å². The lowest BCUT2D eigenvalue weighted by atomic mass is 10.3. The molecule has 1 rings (SSSR count). The van der Waals surface area contributed by atoms with Gasteiger partial charge in [-0.05, 0) is 0 Å². The van der Waals surface area contributed by atoms with Crippen LogP contribution in [0.5, 0.6) is 0 Å². The Morgan fingerprint density at radius 2 is 2.42 bits per heavy atom. The van der Waals surface area contributed by atoms with Crippen LogP contribution >= 0.6 is 11.8 Å². The summed E-state index contributed by atoms with van der Waals surface area (Å²) in [6.45, 7) is 0. The highest BCUT2D eigenvalue weighted by molar-refractivity contribution is 8.15. The molecule has 4 nitrogen and oxygen atoms in total. The number of thioether (sulfide) groups is 1. The Morgan fingerprint density at radius 3 is 2.83 bits per heavy atom. The maximum absolute atomic E-state index is 11.3. The van der Waals surface area contributed by atoms with Gasteiger partial charge >= 0.3 is 0 Å². The minimum atomic E-state index is -0.314. The number of hydrogen-bond acceptors (Lipinski definition) is 4. The van der Waals surface area contributed by atoms with Crippen LogP contribution in [0.1, 0.15) is 6.42 Å². The predicted molar refractivity (Wildman–Crippen MR) is 47.8 cm³/mol. The van der Waals surface area contributed by atoms with Crippen molar-refractivity contribution in [3.8, 4) is 0 Å². The fourth-order valence-electron chi connectivity index (χ4n) is 0.974. The molecule has 1 amide bonds. The van der Waals surface area contributed by atoms with Gasteiger partial charge in [-0.2, -0.15) is 0 Å². The van der Waals surface area contributed by atoms with Gasteiger partial charge in [-0.1, -0.05) is 11.8 Å². The van der Waals surface area contributed by atoms with Gasteiger partial charge in [0.2, 0.25) is 5.91 Å². The first-order chi connectivity index (χ1) is 5.70. The van der Waals surface area contributed by atoms with Gasteiger partial charge in [0.05, 0.1) is 5.25 Å². The van der Waals surface area contributed by atoms with Gasteiger partial charge in [0.15, 0.2) is 11.5 Å². The van der Waals surface area contributed by atoms with E-state index in [0.29, 0.717) is 5.17 Å². The fraction of sp³-hybridized carbons (Fsp3) is 0.571. The Hall–Kier alpha value is -0.840. The standard InChI is InChI=1S/C7H9N2O2S/c1-8-7-9(2)6(11)5(12-7)3-4-10/h5H,3H2,1-2H3. The molecule has 1 saturated heterocycles. The molecule has 0 saturated carbocycles. The van der Waals surface area contributed by atoms with E-state index >= 15 is 0 Å². The normalized spacial score (nSPS) is 26.8. The van der Waals surface area contributed by atoms with Crippen LogP contribution in [0.15, 0.2) is 4.99 Å². The molecule has 0 aromatic carbocycles. The van der Waals surface area contributed by atoms with E-state index in [0.717, 1.165) is 0 Å². The van der Waals surface area contributed by atoms with E-state index in [1.807, 2.05) is 0 Å². The van der Waals surface area contributed by atoms with E-state index in [4.69, 9.17) is 0 Å². The van der Waals surface area contributed by atoms with Crippen molar-refractivity contribution >= 4 is 29.1 Å². The third-order valence-corrected chi connectivity index (χ3v) is 2.92. The zero-order valence-electron chi connectivity index (χ0n) is 6.90. The highest BCUT2D eigenvalue weighted by Gasteiger charge is 2.34. The predicted octanol–water partition coefficient (Wildman–Crippen LogP) is 0.0458. The van der Waals surface area contributed by atoms with E-state index in [-0.39, 0.29) is 17.6 Å². The van der Waals surface area contributed by atoms with Gasteiger partial charge in [-0.3, -0.25) is 19.5 Å². The number of amides is 1. The fourth-order valence-corrected chi connectivity index (χ4v) is 1.99. The van der Waals surface area contributed by atoms with Crippen molar-refractivity contribution in [2.75, 3.05) is 14.1 Å². The number of amidine groups is 1. The van der Waals surface area contributed by atoms with Crippen molar-refractivity contribution in [2.45, 2.75) is 11.7 Å². The molecule has 1 aliphatic rings.